The molecule has 90 valence electrons. The molecule has 0 fully saturated rings. The Balaban J connectivity index is 2.46. The fraction of sp³-hybridized carbons (Fsp3) is 0.286. The first-order valence-corrected chi connectivity index (χ1v) is 7.98. The fourth-order valence-corrected chi connectivity index (χ4v) is 4.68. The average molecular weight is 374 g/mol. The molecule has 0 bridgehead atoms. The van der Waals surface area contributed by atoms with Gasteiger partial charge in [-0.05, 0) is 44.0 Å². The van der Waals surface area contributed by atoms with Crippen molar-refractivity contribution in [3.63, 3.8) is 0 Å². The van der Waals surface area contributed by atoms with Crippen molar-refractivity contribution >= 4 is 43.2 Å². The number of rotatable bonds is 2. The third-order valence-electron chi connectivity index (χ3n) is 2.78. The number of hydrogen-bond donors (Lipinski definition) is 0. The summed E-state index contributed by atoms with van der Waals surface area (Å²) in [6.07, 6.45) is 0. The molecule has 0 aliphatic heterocycles. The highest BCUT2D eigenvalue weighted by atomic mass is 79.9. The Bertz CT molecular complexity index is 543. The Hall–Kier alpha value is -0.120. The molecule has 1 heterocycles. The molecule has 1 atom stereocenters. The molecule has 0 saturated carbocycles. The number of aryl methyl sites for hydroxylation is 3. The highest BCUT2D eigenvalue weighted by Gasteiger charge is 2.17. The molecule has 0 nitrogen and oxygen atoms in total. The van der Waals surface area contributed by atoms with Crippen LogP contribution in [-0.2, 0) is 0 Å². The van der Waals surface area contributed by atoms with Gasteiger partial charge in [-0.3, -0.25) is 0 Å². The van der Waals surface area contributed by atoms with Crippen LogP contribution in [0.15, 0.2) is 28.7 Å². The first kappa shape index (κ1) is 13.3. The Kier molecular flexibility index (Phi) is 4.11. The van der Waals surface area contributed by atoms with Crippen LogP contribution in [-0.4, -0.2) is 0 Å². The maximum atomic E-state index is 3.82. The zero-order valence-electron chi connectivity index (χ0n) is 10.1. The zero-order chi connectivity index (χ0) is 12.6. The molecule has 0 saturated heterocycles. The molecule has 17 heavy (non-hydrogen) atoms. The molecule has 3 heteroatoms. The third kappa shape index (κ3) is 2.83. The second-order valence-corrected chi connectivity index (χ2v) is 7.49. The number of hydrogen-bond acceptors (Lipinski definition) is 1. The van der Waals surface area contributed by atoms with Crippen LogP contribution in [0.5, 0.6) is 0 Å². The predicted molar refractivity (Wildman–Crippen MR) is 83.4 cm³/mol. The minimum Gasteiger partial charge on any atom is -0.146 e. The van der Waals surface area contributed by atoms with Crippen LogP contribution in [0.2, 0.25) is 0 Å². The van der Waals surface area contributed by atoms with Gasteiger partial charge >= 0.3 is 0 Å². The van der Waals surface area contributed by atoms with Crippen molar-refractivity contribution in [3.05, 3.63) is 55.2 Å². The van der Waals surface area contributed by atoms with Crippen LogP contribution in [0.4, 0.5) is 0 Å². The van der Waals surface area contributed by atoms with E-state index < -0.39 is 0 Å². The summed E-state index contributed by atoms with van der Waals surface area (Å²) in [5, 5.41) is 0. The number of thiophene rings is 1. The lowest BCUT2D eigenvalue weighted by atomic mass is 10.0. The second-order valence-electron chi connectivity index (χ2n) is 4.26. The van der Waals surface area contributed by atoms with E-state index in [0.717, 1.165) is 4.47 Å². The van der Waals surface area contributed by atoms with Crippen LogP contribution in [0.3, 0.4) is 0 Å². The van der Waals surface area contributed by atoms with Crippen LogP contribution in [0.1, 0.15) is 31.3 Å². The number of halogens is 2. The molecule has 1 aromatic carbocycles. The standard InChI is InChI=1S/C14H14Br2S/c1-8-4-5-13(15)12(6-8)14(16)11-7-9(2)17-10(11)3/h4-7,14H,1-3H3. The van der Waals surface area contributed by atoms with E-state index in [9.17, 15) is 0 Å². The first-order chi connectivity index (χ1) is 7.99. The first-order valence-electron chi connectivity index (χ1n) is 5.46. The Labute approximate surface area is 123 Å². The maximum Gasteiger partial charge on any atom is 0.0666 e. The van der Waals surface area contributed by atoms with Crippen molar-refractivity contribution in [2.45, 2.75) is 25.6 Å². The van der Waals surface area contributed by atoms with E-state index in [4.69, 9.17) is 0 Å². The summed E-state index contributed by atoms with van der Waals surface area (Å²) in [7, 11) is 0. The normalized spacial score (nSPS) is 12.8. The van der Waals surface area contributed by atoms with E-state index in [1.165, 1.54) is 26.4 Å². The quantitative estimate of drug-likeness (QED) is 0.573. The van der Waals surface area contributed by atoms with Crippen LogP contribution in [0, 0.1) is 20.8 Å². The molecule has 0 amide bonds. The zero-order valence-corrected chi connectivity index (χ0v) is 14.0. The van der Waals surface area contributed by atoms with Crippen LogP contribution in [0.25, 0.3) is 0 Å². The van der Waals surface area contributed by atoms with E-state index in [1.807, 2.05) is 11.3 Å². The van der Waals surface area contributed by atoms with Crippen molar-refractivity contribution < 1.29 is 0 Å². The van der Waals surface area contributed by atoms with Gasteiger partial charge in [0.25, 0.3) is 0 Å². The molecule has 1 unspecified atom stereocenters. The molecule has 0 aliphatic rings. The summed E-state index contributed by atoms with van der Waals surface area (Å²) in [6.45, 7) is 6.47. The third-order valence-corrected chi connectivity index (χ3v) is 5.47. The van der Waals surface area contributed by atoms with Crippen molar-refractivity contribution in [2.24, 2.45) is 0 Å². The molecule has 0 N–H and O–H groups in total. The van der Waals surface area contributed by atoms with Gasteiger partial charge in [0.1, 0.15) is 0 Å². The molecular weight excluding hydrogens is 360 g/mol. The lowest BCUT2D eigenvalue weighted by Crippen LogP contribution is -1.94. The van der Waals surface area contributed by atoms with Crippen molar-refractivity contribution in [1.29, 1.82) is 0 Å². The van der Waals surface area contributed by atoms with Gasteiger partial charge in [0, 0.05) is 14.2 Å². The topological polar surface area (TPSA) is 0 Å². The Morgan fingerprint density at radius 2 is 1.76 bits per heavy atom. The van der Waals surface area contributed by atoms with Gasteiger partial charge in [-0.1, -0.05) is 49.6 Å². The predicted octanol–water partition coefficient (Wildman–Crippen LogP) is 5.92. The lowest BCUT2D eigenvalue weighted by Gasteiger charge is -2.13. The Morgan fingerprint density at radius 1 is 1.06 bits per heavy atom. The molecule has 2 rings (SSSR count). The van der Waals surface area contributed by atoms with Gasteiger partial charge in [-0.2, -0.15) is 0 Å². The summed E-state index contributed by atoms with van der Waals surface area (Å²) in [5.41, 5.74) is 3.96. The molecule has 1 aromatic heterocycles. The fourth-order valence-electron chi connectivity index (χ4n) is 1.93. The molecule has 0 spiro atoms. The summed E-state index contributed by atoms with van der Waals surface area (Å²) >= 11 is 9.31. The lowest BCUT2D eigenvalue weighted by molar-refractivity contribution is 1.15. The van der Waals surface area contributed by atoms with Gasteiger partial charge in [-0.25, -0.2) is 0 Å². The summed E-state index contributed by atoms with van der Waals surface area (Å²) in [6, 6.07) is 8.75. The highest BCUT2D eigenvalue weighted by Crippen LogP contribution is 2.39. The molecule has 2 aromatic rings. The summed E-state index contributed by atoms with van der Waals surface area (Å²) in [4.78, 5) is 3.02. The summed E-state index contributed by atoms with van der Waals surface area (Å²) < 4.78 is 1.16. The van der Waals surface area contributed by atoms with E-state index in [2.05, 4.69) is 76.9 Å². The van der Waals surface area contributed by atoms with Crippen molar-refractivity contribution in [1.82, 2.24) is 0 Å². The highest BCUT2D eigenvalue weighted by molar-refractivity contribution is 9.11. The molecular formula is C14H14Br2S. The van der Waals surface area contributed by atoms with Gasteiger partial charge in [0.2, 0.25) is 0 Å². The van der Waals surface area contributed by atoms with Crippen LogP contribution >= 0.6 is 43.2 Å². The van der Waals surface area contributed by atoms with Gasteiger partial charge in [0.05, 0.1) is 4.83 Å². The van der Waals surface area contributed by atoms with Gasteiger partial charge in [0.15, 0.2) is 0 Å². The average Bonchev–Trinajstić information content (AvgIpc) is 2.60. The largest absolute Gasteiger partial charge is 0.146 e. The Morgan fingerprint density at radius 3 is 2.35 bits per heavy atom. The van der Waals surface area contributed by atoms with E-state index in [0.29, 0.717) is 0 Å². The molecule has 0 radical (unpaired) electrons. The van der Waals surface area contributed by atoms with Gasteiger partial charge in [-0.15, -0.1) is 11.3 Å². The second kappa shape index (κ2) is 5.25. The SMILES string of the molecule is Cc1ccc(Br)c(C(Br)c2cc(C)sc2C)c1. The van der Waals surface area contributed by atoms with E-state index in [1.54, 1.807) is 0 Å². The number of benzene rings is 1. The van der Waals surface area contributed by atoms with Gasteiger partial charge < -0.3 is 0 Å². The minimum atomic E-state index is 0.265. The van der Waals surface area contributed by atoms with Crippen molar-refractivity contribution in [3.8, 4) is 0 Å². The maximum absolute atomic E-state index is 3.82. The molecule has 0 aliphatic carbocycles. The van der Waals surface area contributed by atoms with E-state index in [-0.39, 0.29) is 4.83 Å². The van der Waals surface area contributed by atoms with Crippen molar-refractivity contribution in [2.75, 3.05) is 0 Å². The smallest absolute Gasteiger partial charge is 0.0666 e. The monoisotopic (exact) mass is 372 g/mol. The minimum absolute atomic E-state index is 0.265. The van der Waals surface area contributed by atoms with E-state index >= 15 is 0 Å². The van der Waals surface area contributed by atoms with Crippen LogP contribution < -0.4 is 0 Å². The number of alkyl halides is 1. The summed E-state index contributed by atoms with van der Waals surface area (Å²) in [5.74, 6) is 0.